The molecule has 2 atom stereocenters. The average Bonchev–Trinajstić information content (AvgIpc) is 2.37. The lowest BCUT2D eigenvalue weighted by molar-refractivity contribution is -0.157. The van der Waals surface area contributed by atoms with Crippen LogP contribution in [-0.4, -0.2) is 37.2 Å². The normalized spacial score (nSPS) is 27.5. The lowest BCUT2D eigenvalue weighted by Gasteiger charge is -2.43. The monoisotopic (exact) mass is 297 g/mol. The minimum absolute atomic E-state index is 0.0222. The van der Waals surface area contributed by atoms with E-state index in [0.29, 0.717) is 18.8 Å². The Morgan fingerprint density at radius 2 is 1.95 bits per heavy atom. The number of hydrogen-bond donors (Lipinski definition) is 1. The number of rotatable bonds is 4. The van der Waals surface area contributed by atoms with Crippen LogP contribution in [0.1, 0.15) is 59.3 Å². The van der Waals surface area contributed by atoms with Crippen LogP contribution in [0.3, 0.4) is 0 Å². The third kappa shape index (κ3) is 5.04. The summed E-state index contributed by atoms with van der Waals surface area (Å²) >= 11 is 0. The lowest BCUT2D eigenvalue weighted by atomic mass is 9.77. The molecule has 0 bridgehead atoms. The average molecular weight is 297 g/mol. The molecule has 0 aliphatic carbocycles. The van der Waals surface area contributed by atoms with Crippen LogP contribution in [0.2, 0.25) is 0 Å². The molecule has 4 nitrogen and oxygen atoms in total. The van der Waals surface area contributed by atoms with Crippen LogP contribution >= 0.6 is 0 Å². The van der Waals surface area contributed by atoms with Crippen molar-refractivity contribution in [2.45, 2.75) is 70.9 Å². The molecule has 2 heterocycles. The molecule has 2 N–H and O–H groups in total. The summed E-state index contributed by atoms with van der Waals surface area (Å²) in [5, 5.41) is 0. The van der Waals surface area contributed by atoms with E-state index in [1.807, 2.05) is 0 Å². The Morgan fingerprint density at radius 3 is 2.57 bits per heavy atom. The Morgan fingerprint density at radius 1 is 1.29 bits per heavy atom. The molecular formula is C17H31NO3. The van der Waals surface area contributed by atoms with E-state index < -0.39 is 0 Å². The zero-order valence-corrected chi connectivity index (χ0v) is 13.8. The number of nitrogens with two attached hydrogens (primary N) is 1. The minimum Gasteiger partial charge on any atom is -0.381 e. The van der Waals surface area contributed by atoms with Crippen LogP contribution in [0.4, 0.5) is 0 Å². The van der Waals surface area contributed by atoms with Gasteiger partial charge in [0, 0.05) is 38.2 Å². The molecule has 2 saturated heterocycles. The van der Waals surface area contributed by atoms with Gasteiger partial charge < -0.3 is 15.2 Å². The molecule has 0 saturated carbocycles. The summed E-state index contributed by atoms with van der Waals surface area (Å²) in [6.07, 6.45) is 4.95. The molecule has 1 spiro atoms. The fraction of sp³-hybridized carbons (Fsp3) is 0.941. The summed E-state index contributed by atoms with van der Waals surface area (Å²) in [4.78, 5) is 12.6. The van der Waals surface area contributed by atoms with E-state index in [2.05, 4.69) is 20.8 Å². The molecule has 0 aromatic heterocycles. The summed E-state index contributed by atoms with van der Waals surface area (Å²) < 4.78 is 11.4. The van der Waals surface area contributed by atoms with E-state index in [9.17, 15) is 4.79 Å². The van der Waals surface area contributed by atoms with Gasteiger partial charge in [0.25, 0.3) is 0 Å². The van der Waals surface area contributed by atoms with Crippen LogP contribution in [0, 0.1) is 11.3 Å². The van der Waals surface area contributed by atoms with Gasteiger partial charge >= 0.3 is 0 Å². The number of hydrogen-bond acceptors (Lipinski definition) is 4. The van der Waals surface area contributed by atoms with Crippen molar-refractivity contribution >= 4 is 5.78 Å². The highest BCUT2D eigenvalue weighted by Crippen LogP contribution is 2.38. The first-order chi connectivity index (χ1) is 9.80. The summed E-state index contributed by atoms with van der Waals surface area (Å²) in [7, 11) is 0. The van der Waals surface area contributed by atoms with Crippen LogP contribution in [0.25, 0.3) is 0 Å². The largest absolute Gasteiger partial charge is 0.381 e. The van der Waals surface area contributed by atoms with E-state index >= 15 is 0 Å². The van der Waals surface area contributed by atoms with Gasteiger partial charge in [-0.05, 0) is 37.5 Å². The predicted octanol–water partition coefficient (Wildman–Crippen LogP) is 2.68. The second kappa shape index (κ2) is 6.76. The molecule has 21 heavy (non-hydrogen) atoms. The third-order valence-corrected chi connectivity index (χ3v) is 4.69. The van der Waals surface area contributed by atoms with E-state index in [1.165, 1.54) is 0 Å². The first-order valence-corrected chi connectivity index (χ1v) is 8.30. The van der Waals surface area contributed by atoms with Gasteiger partial charge in [0.05, 0.1) is 5.60 Å². The molecule has 0 aromatic carbocycles. The van der Waals surface area contributed by atoms with Gasteiger partial charge in [0.2, 0.25) is 0 Å². The van der Waals surface area contributed by atoms with E-state index in [-0.39, 0.29) is 23.0 Å². The molecule has 122 valence electrons. The maximum atomic E-state index is 12.6. The summed E-state index contributed by atoms with van der Waals surface area (Å²) in [6, 6.07) is -0.0222. The molecule has 4 heteroatoms. The highest BCUT2D eigenvalue weighted by molar-refractivity contribution is 5.81. The second-order valence-corrected chi connectivity index (χ2v) is 8.03. The van der Waals surface area contributed by atoms with Crippen molar-refractivity contribution < 1.29 is 14.3 Å². The fourth-order valence-electron chi connectivity index (χ4n) is 3.68. The van der Waals surface area contributed by atoms with Crippen LogP contribution in [0.5, 0.6) is 0 Å². The van der Waals surface area contributed by atoms with Gasteiger partial charge in [0.15, 0.2) is 0 Å². The Balaban J connectivity index is 1.87. The van der Waals surface area contributed by atoms with Crippen molar-refractivity contribution in [3.63, 3.8) is 0 Å². The minimum atomic E-state index is -0.106. The highest BCUT2D eigenvalue weighted by Gasteiger charge is 2.41. The summed E-state index contributed by atoms with van der Waals surface area (Å²) in [5.74, 6) is 0.462. The van der Waals surface area contributed by atoms with Gasteiger partial charge in [-0.3, -0.25) is 4.79 Å². The molecular weight excluding hydrogens is 266 g/mol. The second-order valence-electron chi connectivity index (χ2n) is 8.03. The van der Waals surface area contributed by atoms with Gasteiger partial charge in [-0.25, -0.2) is 0 Å². The maximum Gasteiger partial charge on any atom is 0.137 e. The fourth-order valence-corrected chi connectivity index (χ4v) is 3.68. The Kier molecular flexibility index (Phi) is 5.44. The summed E-state index contributed by atoms with van der Waals surface area (Å²) in [5.41, 5.74) is 6.24. The third-order valence-electron chi connectivity index (χ3n) is 4.69. The molecule has 2 aliphatic rings. The van der Waals surface area contributed by atoms with Gasteiger partial charge in [0.1, 0.15) is 5.78 Å². The molecule has 2 fully saturated rings. The van der Waals surface area contributed by atoms with Crippen LogP contribution in [0.15, 0.2) is 0 Å². The van der Waals surface area contributed by atoms with Crippen LogP contribution < -0.4 is 5.73 Å². The van der Waals surface area contributed by atoms with E-state index in [1.54, 1.807) is 0 Å². The smallest absolute Gasteiger partial charge is 0.137 e. The van der Waals surface area contributed by atoms with Crippen LogP contribution in [-0.2, 0) is 14.3 Å². The zero-order chi connectivity index (χ0) is 15.5. The van der Waals surface area contributed by atoms with Crippen molar-refractivity contribution in [3.8, 4) is 0 Å². The van der Waals surface area contributed by atoms with Gasteiger partial charge in [-0.15, -0.1) is 0 Å². The molecule has 2 aliphatic heterocycles. The van der Waals surface area contributed by atoms with Crippen molar-refractivity contribution in [2.24, 2.45) is 17.1 Å². The first kappa shape index (κ1) is 16.9. The van der Waals surface area contributed by atoms with Crippen molar-refractivity contribution in [1.82, 2.24) is 0 Å². The highest BCUT2D eigenvalue weighted by atomic mass is 16.5. The van der Waals surface area contributed by atoms with E-state index in [4.69, 9.17) is 15.2 Å². The predicted molar refractivity (Wildman–Crippen MR) is 83.1 cm³/mol. The van der Waals surface area contributed by atoms with Crippen molar-refractivity contribution in [2.75, 3.05) is 19.8 Å². The standard InChI is InChI=1S/C17H31NO3/c1-16(2,3)12-14(18)10-15(19)13-4-7-21-17(11-13)5-8-20-9-6-17/h13-14H,4-12,18H2,1-3H3. The number of ketones is 1. The Bertz CT molecular complexity index is 350. The topological polar surface area (TPSA) is 61.6 Å². The number of ether oxygens (including phenoxy) is 2. The lowest BCUT2D eigenvalue weighted by Crippen LogP contribution is -2.46. The molecule has 0 radical (unpaired) electrons. The zero-order valence-electron chi connectivity index (χ0n) is 13.8. The Labute approximate surface area is 128 Å². The quantitative estimate of drug-likeness (QED) is 0.866. The van der Waals surface area contributed by atoms with Gasteiger partial charge in [-0.2, -0.15) is 0 Å². The van der Waals surface area contributed by atoms with Gasteiger partial charge in [-0.1, -0.05) is 20.8 Å². The maximum absolute atomic E-state index is 12.6. The number of carbonyl (C=O) groups excluding carboxylic acids is 1. The molecule has 0 aromatic rings. The molecule has 2 rings (SSSR count). The molecule has 0 amide bonds. The number of Topliss-reactive ketones (excluding diaryl/α,β-unsaturated/α-hetero) is 1. The van der Waals surface area contributed by atoms with Crippen molar-refractivity contribution in [1.29, 1.82) is 0 Å². The summed E-state index contributed by atoms with van der Waals surface area (Å²) in [6.45, 7) is 8.72. The van der Waals surface area contributed by atoms with E-state index in [0.717, 1.165) is 45.3 Å². The SMILES string of the molecule is CC(C)(C)CC(N)CC(=O)C1CCOC2(CCOCC2)C1. The molecule has 2 unspecified atom stereocenters. The number of carbonyl (C=O) groups is 1. The van der Waals surface area contributed by atoms with Crippen molar-refractivity contribution in [3.05, 3.63) is 0 Å². The Hall–Kier alpha value is -0.450. The first-order valence-electron chi connectivity index (χ1n) is 8.30.